The van der Waals surface area contributed by atoms with Crippen LogP contribution in [0.5, 0.6) is 0 Å². The molecule has 60 valence electrons. The fourth-order valence-corrected chi connectivity index (χ4v) is 0.911. The van der Waals surface area contributed by atoms with Gasteiger partial charge in [0.25, 0.3) is 0 Å². The molecule has 0 amide bonds. The zero-order valence-electron chi connectivity index (χ0n) is 7.86. The first-order valence-electron chi connectivity index (χ1n) is 3.87. The number of hydrogen-bond donors (Lipinski definition) is 0. The summed E-state index contributed by atoms with van der Waals surface area (Å²) in [4.78, 5) is 2.20. The van der Waals surface area contributed by atoms with Crippen LogP contribution < -0.4 is 0 Å². The minimum atomic E-state index is 1.10. The molecule has 0 aliphatic carbocycles. The molecule has 0 bridgehead atoms. The van der Waals surface area contributed by atoms with Crippen LogP contribution in [0.4, 0.5) is 0 Å². The van der Waals surface area contributed by atoms with Gasteiger partial charge in [-0.15, -0.1) is 0 Å². The van der Waals surface area contributed by atoms with Crippen molar-refractivity contribution in [3.63, 3.8) is 0 Å². The molecule has 0 saturated heterocycles. The van der Waals surface area contributed by atoms with Crippen molar-refractivity contribution >= 4 is 0 Å². The molecule has 0 aromatic rings. The van der Waals surface area contributed by atoms with Crippen molar-refractivity contribution in [1.82, 2.24) is 4.90 Å². The Bertz CT molecular complexity index is 123. The van der Waals surface area contributed by atoms with Crippen LogP contribution in [0.3, 0.4) is 0 Å². The highest BCUT2D eigenvalue weighted by atomic mass is 15.0. The molecular formula is C9H19N. The van der Waals surface area contributed by atoms with Crippen molar-refractivity contribution in [2.45, 2.75) is 27.2 Å². The van der Waals surface area contributed by atoms with Crippen LogP contribution in [0.1, 0.15) is 27.2 Å². The third kappa shape index (κ3) is 3.67. The zero-order chi connectivity index (χ0) is 8.15. The molecule has 0 atom stereocenters. The van der Waals surface area contributed by atoms with Crippen LogP contribution in [0, 0.1) is 0 Å². The molecular weight excluding hydrogens is 122 g/mol. The summed E-state index contributed by atoms with van der Waals surface area (Å²) < 4.78 is 0. The van der Waals surface area contributed by atoms with Crippen molar-refractivity contribution in [3.8, 4) is 0 Å². The first kappa shape index (κ1) is 9.70. The molecule has 1 heteroatoms. The fourth-order valence-electron chi connectivity index (χ4n) is 0.911. The fraction of sp³-hybridized carbons (Fsp3) is 0.778. The minimum Gasteiger partial charge on any atom is -0.305 e. The van der Waals surface area contributed by atoms with E-state index < -0.39 is 0 Å². The summed E-state index contributed by atoms with van der Waals surface area (Å²) in [6.45, 7) is 7.71. The predicted octanol–water partition coefficient (Wildman–Crippen LogP) is 2.29. The second-order valence-electron chi connectivity index (χ2n) is 3.15. The largest absolute Gasteiger partial charge is 0.305 e. The van der Waals surface area contributed by atoms with Crippen molar-refractivity contribution < 1.29 is 0 Å². The van der Waals surface area contributed by atoms with Crippen LogP contribution in [0.2, 0.25) is 0 Å². The highest BCUT2D eigenvalue weighted by Gasteiger charge is 1.95. The number of nitrogens with zero attached hydrogens (tertiary/aromatic N) is 1. The van der Waals surface area contributed by atoms with E-state index in [1.807, 2.05) is 0 Å². The van der Waals surface area contributed by atoms with Gasteiger partial charge in [-0.05, 0) is 34.4 Å². The maximum atomic E-state index is 2.21. The van der Waals surface area contributed by atoms with Gasteiger partial charge in [0.15, 0.2) is 0 Å². The van der Waals surface area contributed by atoms with Crippen molar-refractivity contribution in [2.24, 2.45) is 0 Å². The van der Waals surface area contributed by atoms with E-state index >= 15 is 0 Å². The first-order chi connectivity index (χ1) is 4.57. The van der Waals surface area contributed by atoms with E-state index in [0.29, 0.717) is 0 Å². The Kier molecular flexibility index (Phi) is 4.37. The molecule has 0 N–H and O–H groups in total. The Morgan fingerprint density at radius 2 is 1.60 bits per heavy atom. The number of hydrogen-bond acceptors (Lipinski definition) is 1. The maximum absolute atomic E-state index is 2.21. The summed E-state index contributed by atoms with van der Waals surface area (Å²) in [5.74, 6) is 0. The molecule has 0 spiro atoms. The summed E-state index contributed by atoms with van der Waals surface area (Å²) in [5, 5.41) is 0. The molecule has 0 unspecified atom stereocenters. The van der Waals surface area contributed by atoms with E-state index in [1.165, 1.54) is 17.6 Å². The smallest absolute Gasteiger partial charge is 0.0186 e. The van der Waals surface area contributed by atoms with Gasteiger partial charge in [-0.3, -0.25) is 0 Å². The van der Waals surface area contributed by atoms with Crippen LogP contribution >= 0.6 is 0 Å². The Hall–Kier alpha value is -0.300. The SMILES string of the molecule is CC/C(C)=C(\C)CN(C)C. The number of rotatable bonds is 3. The molecule has 10 heavy (non-hydrogen) atoms. The minimum absolute atomic E-state index is 1.10. The molecule has 0 fully saturated rings. The average Bonchev–Trinajstić information content (AvgIpc) is 1.85. The lowest BCUT2D eigenvalue weighted by Gasteiger charge is -2.11. The number of allylic oxidation sites excluding steroid dienone is 1. The summed E-state index contributed by atoms with van der Waals surface area (Å²) >= 11 is 0. The van der Waals surface area contributed by atoms with Crippen LogP contribution in [-0.2, 0) is 0 Å². The van der Waals surface area contributed by atoms with Gasteiger partial charge in [0.1, 0.15) is 0 Å². The predicted molar refractivity (Wildman–Crippen MR) is 47.2 cm³/mol. The maximum Gasteiger partial charge on any atom is 0.0186 e. The molecule has 0 aliphatic rings. The normalized spacial score (nSPS) is 13.8. The van der Waals surface area contributed by atoms with E-state index in [4.69, 9.17) is 0 Å². The Morgan fingerprint density at radius 3 is 1.90 bits per heavy atom. The van der Waals surface area contributed by atoms with Gasteiger partial charge >= 0.3 is 0 Å². The van der Waals surface area contributed by atoms with Crippen LogP contribution in [0.25, 0.3) is 0 Å². The lowest BCUT2D eigenvalue weighted by atomic mass is 10.1. The van der Waals surface area contributed by atoms with Gasteiger partial charge in [0.05, 0.1) is 0 Å². The van der Waals surface area contributed by atoms with E-state index in [0.717, 1.165) is 6.54 Å². The van der Waals surface area contributed by atoms with Gasteiger partial charge in [0.2, 0.25) is 0 Å². The van der Waals surface area contributed by atoms with E-state index in [-0.39, 0.29) is 0 Å². The van der Waals surface area contributed by atoms with Gasteiger partial charge in [-0.25, -0.2) is 0 Å². The van der Waals surface area contributed by atoms with Crippen molar-refractivity contribution in [1.29, 1.82) is 0 Å². The molecule has 0 aliphatic heterocycles. The van der Waals surface area contributed by atoms with E-state index in [9.17, 15) is 0 Å². The van der Waals surface area contributed by atoms with Crippen molar-refractivity contribution in [2.75, 3.05) is 20.6 Å². The van der Waals surface area contributed by atoms with Crippen molar-refractivity contribution in [3.05, 3.63) is 11.1 Å². The second-order valence-corrected chi connectivity index (χ2v) is 3.15. The first-order valence-corrected chi connectivity index (χ1v) is 3.87. The summed E-state index contributed by atoms with van der Waals surface area (Å²) in [7, 11) is 4.21. The summed E-state index contributed by atoms with van der Waals surface area (Å²) in [6, 6.07) is 0. The van der Waals surface area contributed by atoms with Crippen LogP contribution in [-0.4, -0.2) is 25.5 Å². The van der Waals surface area contributed by atoms with Gasteiger partial charge in [-0.1, -0.05) is 18.1 Å². The lowest BCUT2D eigenvalue weighted by molar-refractivity contribution is 0.443. The zero-order valence-corrected chi connectivity index (χ0v) is 7.86. The molecule has 0 saturated carbocycles. The van der Waals surface area contributed by atoms with Gasteiger partial charge < -0.3 is 4.90 Å². The summed E-state index contributed by atoms with van der Waals surface area (Å²) in [5.41, 5.74) is 3.03. The van der Waals surface area contributed by atoms with E-state index in [2.05, 4.69) is 39.8 Å². The third-order valence-corrected chi connectivity index (χ3v) is 1.81. The third-order valence-electron chi connectivity index (χ3n) is 1.81. The average molecular weight is 141 g/mol. The standard InChI is InChI=1S/C9H19N/c1-6-8(2)9(3)7-10(4)5/h6-7H2,1-5H3/b9-8+. The quantitative estimate of drug-likeness (QED) is 0.545. The Morgan fingerprint density at radius 1 is 1.10 bits per heavy atom. The molecule has 0 aromatic heterocycles. The molecule has 0 radical (unpaired) electrons. The van der Waals surface area contributed by atoms with E-state index in [1.54, 1.807) is 0 Å². The monoisotopic (exact) mass is 141 g/mol. The Balaban J connectivity index is 3.92. The topological polar surface area (TPSA) is 3.24 Å². The van der Waals surface area contributed by atoms with Gasteiger partial charge in [-0.2, -0.15) is 0 Å². The molecule has 0 heterocycles. The van der Waals surface area contributed by atoms with Gasteiger partial charge in [0, 0.05) is 6.54 Å². The Labute approximate surface area is 64.7 Å². The lowest BCUT2D eigenvalue weighted by Crippen LogP contribution is -2.14. The molecule has 1 nitrogen and oxygen atoms in total. The molecule has 0 aromatic carbocycles. The highest BCUT2D eigenvalue weighted by Crippen LogP contribution is 2.06. The number of likely N-dealkylation sites (N-methyl/N-ethyl adjacent to an activating group) is 1. The van der Waals surface area contributed by atoms with Crippen LogP contribution in [0.15, 0.2) is 11.1 Å². The summed E-state index contributed by atoms with van der Waals surface area (Å²) in [6.07, 6.45) is 1.18. The highest BCUT2D eigenvalue weighted by molar-refractivity contribution is 5.10. The molecule has 0 rings (SSSR count). The second kappa shape index (κ2) is 4.51.